The van der Waals surface area contributed by atoms with Crippen molar-refractivity contribution in [2.24, 2.45) is 11.7 Å². The summed E-state index contributed by atoms with van der Waals surface area (Å²) in [6.45, 7) is 6.12. The van der Waals surface area contributed by atoms with E-state index in [-0.39, 0.29) is 30.2 Å². The number of carbonyl (C=O) groups is 2. The number of imide groups is 1. The van der Waals surface area contributed by atoms with Crippen LogP contribution in [-0.4, -0.2) is 29.3 Å². The van der Waals surface area contributed by atoms with Crippen LogP contribution in [0.1, 0.15) is 32.8 Å². The predicted octanol–water partition coefficient (Wildman–Crippen LogP) is 1.69. The summed E-state index contributed by atoms with van der Waals surface area (Å²) in [6, 6.07) is 9.30. The number of carbonyl (C=O) groups excluding carboxylic acids is 2. The lowest BCUT2D eigenvalue weighted by Crippen LogP contribution is -2.45. The van der Waals surface area contributed by atoms with Gasteiger partial charge < -0.3 is 5.73 Å². The smallest absolute Gasteiger partial charge is 0.240 e. The molecule has 0 aliphatic carbocycles. The minimum Gasteiger partial charge on any atom is -0.326 e. The van der Waals surface area contributed by atoms with Crippen LogP contribution in [0.4, 0.5) is 0 Å². The third kappa shape index (κ3) is 2.48. The van der Waals surface area contributed by atoms with Gasteiger partial charge in [0, 0.05) is 19.0 Å². The number of amides is 2. The van der Waals surface area contributed by atoms with E-state index in [1.54, 1.807) is 0 Å². The maximum Gasteiger partial charge on any atom is 0.240 e. The van der Waals surface area contributed by atoms with Crippen molar-refractivity contribution in [1.29, 1.82) is 0 Å². The second-order valence-electron chi connectivity index (χ2n) is 6.09. The highest BCUT2D eigenvalue weighted by atomic mass is 16.2. The van der Waals surface area contributed by atoms with Crippen molar-refractivity contribution in [2.45, 2.75) is 38.6 Å². The monoisotopic (exact) mass is 274 g/mol. The van der Waals surface area contributed by atoms with E-state index < -0.39 is 5.41 Å². The number of benzene rings is 1. The van der Waals surface area contributed by atoms with Crippen molar-refractivity contribution < 1.29 is 9.59 Å². The number of nitrogens with zero attached hydrogens (tertiary/aromatic N) is 1. The molecule has 1 aromatic rings. The van der Waals surface area contributed by atoms with Crippen LogP contribution < -0.4 is 5.73 Å². The minimum absolute atomic E-state index is 0.127. The highest BCUT2D eigenvalue weighted by Gasteiger charge is 2.49. The van der Waals surface area contributed by atoms with E-state index in [1.165, 1.54) is 4.90 Å². The summed E-state index contributed by atoms with van der Waals surface area (Å²) >= 11 is 0. The van der Waals surface area contributed by atoms with Gasteiger partial charge in [-0.05, 0) is 18.4 Å². The number of hydrogen-bond acceptors (Lipinski definition) is 3. The van der Waals surface area contributed by atoms with Gasteiger partial charge in [-0.3, -0.25) is 14.5 Å². The highest BCUT2D eigenvalue weighted by Crippen LogP contribution is 2.36. The Morgan fingerprint density at radius 3 is 2.40 bits per heavy atom. The Bertz CT molecular complexity index is 512. The molecule has 2 unspecified atom stereocenters. The summed E-state index contributed by atoms with van der Waals surface area (Å²) in [7, 11) is 0. The normalized spacial score (nSPS) is 24.6. The predicted molar refractivity (Wildman–Crippen MR) is 77.9 cm³/mol. The van der Waals surface area contributed by atoms with Crippen LogP contribution in [0.3, 0.4) is 0 Å². The molecular weight excluding hydrogens is 252 g/mol. The van der Waals surface area contributed by atoms with Crippen molar-refractivity contribution in [3.8, 4) is 0 Å². The van der Waals surface area contributed by atoms with E-state index in [0.29, 0.717) is 6.54 Å². The zero-order chi connectivity index (χ0) is 14.9. The quantitative estimate of drug-likeness (QED) is 0.850. The Morgan fingerprint density at radius 2 is 1.85 bits per heavy atom. The Balaban J connectivity index is 2.25. The zero-order valence-corrected chi connectivity index (χ0v) is 12.3. The van der Waals surface area contributed by atoms with E-state index in [1.807, 2.05) is 51.1 Å². The number of nitrogens with two attached hydrogens (primary N) is 1. The molecule has 0 radical (unpaired) electrons. The van der Waals surface area contributed by atoms with Crippen LogP contribution in [0.15, 0.2) is 30.3 Å². The maximum atomic E-state index is 12.6. The first-order valence-corrected chi connectivity index (χ1v) is 7.02. The molecule has 4 heteroatoms. The average molecular weight is 274 g/mol. The second-order valence-corrected chi connectivity index (χ2v) is 6.09. The number of hydrogen-bond donors (Lipinski definition) is 1. The molecule has 0 bridgehead atoms. The SMILES string of the molecule is CC(C)C(N)CN1C(=O)CC(C)(c2ccccc2)C1=O. The van der Waals surface area contributed by atoms with E-state index >= 15 is 0 Å². The fourth-order valence-corrected chi connectivity index (χ4v) is 2.52. The van der Waals surface area contributed by atoms with Crippen molar-refractivity contribution in [2.75, 3.05) is 6.54 Å². The number of rotatable bonds is 4. The molecule has 2 N–H and O–H groups in total. The van der Waals surface area contributed by atoms with Gasteiger partial charge in [-0.25, -0.2) is 0 Å². The Labute approximate surface area is 119 Å². The van der Waals surface area contributed by atoms with Crippen LogP contribution in [-0.2, 0) is 15.0 Å². The lowest BCUT2D eigenvalue weighted by molar-refractivity contribution is -0.140. The van der Waals surface area contributed by atoms with Gasteiger partial charge in [0.05, 0.1) is 5.41 Å². The van der Waals surface area contributed by atoms with Crippen LogP contribution in [0.2, 0.25) is 0 Å². The van der Waals surface area contributed by atoms with Crippen LogP contribution in [0.5, 0.6) is 0 Å². The largest absolute Gasteiger partial charge is 0.326 e. The first-order chi connectivity index (χ1) is 9.36. The van der Waals surface area contributed by atoms with Crippen LogP contribution in [0.25, 0.3) is 0 Å². The summed E-state index contributed by atoms with van der Waals surface area (Å²) in [5.41, 5.74) is 6.13. The van der Waals surface area contributed by atoms with E-state index in [0.717, 1.165) is 5.56 Å². The molecule has 2 atom stereocenters. The molecule has 0 aromatic heterocycles. The van der Waals surface area contributed by atoms with Gasteiger partial charge in [-0.1, -0.05) is 44.2 Å². The maximum absolute atomic E-state index is 12.6. The van der Waals surface area contributed by atoms with Crippen molar-refractivity contribution in [1.82, 2.24) is 4.90 Å². The first-order valence-electron chi connectivity index (χ1n) is 7.02. The molecule has 2 rings (SSSR count). The molecule has 1 fully saturated rings. The highest BCUT2D eigenvalue weighted by molar-refractivity contribution is 6.08. The standard InChI is InChI=1S/C16H22N2O2/c1-11(2)13(17)10-18-14(19)9-16(3,15(18)20)12-7-5-4-6-8-12/h4-8,11,13H,9-10,17H2,1-3H3. The number of likely N-dealkylation sites (tertiary alicyclic amines) is 1. The summed E-state index contributed by atoms with van der Waals surface area (Å²) < 4.78 is 0. The van der Waals surface area contributed by atoms with Gasteiger partial charge in [0.15, 0.2) is 0 Å². The lowest BCUT2D eigenvalue weighted by Gasteiger charge is -2.25. The molecule has 0 spiro atoms. The Morgan fingerprint density at radius 1 is 1.25 bits per heavy atom. The molecule has 1 aromatic carbocycles. The van der Waals surface area contributed by atoms with E-state index in [2.05, 4.69) is 0 Å². The van der Waals surface area contributed by atoms with Gasteiger partial charge >= 0.3 is 0 Å². The van der Waals surface area contributed by atoms with Crippen molar-refractivity contribution in [3.63, 3.8) is 0 Å². The zero-order valence-electron chi connectivity index (χ0n) is 12.3. The first kappa shape index (κ1) is 14.7. The van der Waals surface area contributed by atoms with E-state index in [4.69, 9.17) is 5.73 Å². The van der Waals surface area contributed by atoms with Gasteiger partial charge in [0.1, 0.15) is 0 Å². The van der Waals surface area contributed by atoms with Crippen LogP contribution >= 0.6 is 0 Å². The Hall–Kier alpha value is -1.68. The minimum atomic E-state index is -0.755. The molecule has 4 nitrogen and oxygen atoms in total. The molecule has 2 amide bonds. The molecule has 0 saturated carbocycles. The second kappa shape index (κ2) is 5.37. The van der Waals surface area contributed by atoms with Crippen molar-refractivity contribution >= 4 is 11.8 Å². The summed E-state index contributed by atoms with van der Waals surface area (Å²) in [5, 5.41) is 0. The summed E-state index contributed by atoms with van der Waals surface area (Å²) in [6.07, 6.45) is 0.223. The Kier molecular flexibility index (Phi) is 3.95. The molecule has 1 heterocycles. The van der Waals surface area contributed by atoms with E-state index in [9.17, 15) is 9.59 Å². The molecule has 108 valence electrons. The fourth-order valence-electron chi connectivity index (χ4n) is 2.52. The third-order valence-corrected chi connectivity index (χ3v) is 4.18. The molecule has 1 aliphatic heterocycles. The van der Waals surface area contributed by atoms with Gasteiger partial charge in [-0.2, -0.15) is 0 Å². The van der Waals surface area contributed by atoms with Gasteiger partial charge in [0.25, 0.3) is 0 Å². The van der Waals surface area contributed by atoms with Crippen molar-refractivity contribution in [3.05, 3.63) is 35.9 Å². The summed E-state index contributed by atoms with van der Waals surface area (Å²) in [5.74, 6) is -0.0264. The van der Waals surface area contributed by atoms with Crippen LogP contribution in [0, 0.1) is 5.92 Å². The fraction of sp³-hybridized carbons (Fsp3) is 0.500. The molecule has 1 aliphatic rings. The van der Waals surface area contributed by atoms with Gasteiger partial charge in [-0.15, -0.1) is 0 Å². The van der Waals surface area contributed by atoms with Gasteiger partial charge in [0.2, 0.25) is 11.8 Å². The lowest BCUT2D eigenvalue weighted by atomic mass is 9.81. The topological polar surface area (TPSA) is 63.4 Å². The molecule has 20 heavy (non-hydrogen) atoms. The third-order valence-electron chi connectivity index (χ3n) is 4.18. The summed E-state index contributed by atoms with van der Waals surface area (Å²) in [4.78, 5) is 26.2. The molecular formula is C16H22N2O2. The molecule has 1 saturated heterocycles. The average Bonchev–Trinajstić information content (AvgIpc) is 2.64.